The summed E-state index contributed by atoms with van der Waals surface area (Å²) >= 11 is 0. The molecule has 1 aliphatic heterocycles. The summed E-state index contributed by atoms with van der Waals surface area (Å²) in [5, 5.41) is 9.30. The van der Waals surface area contributed by atoms with Crippen LogP contribution in [-0.4, -0.2) is 62.6 Å². The van der Waals surface area contributed by atoms with Gasteiger partial charge >= 0.3 is 59.1 Å². The first-order valence-corrected chi connectivity index (χ1v) is 7.27. The maximum absolute atomic E-state index is 10.4. The Hall–Kier alpha value is 1.66. The standard InChI is InChI=1S/C6H12O10S2.2Na/c7-5-3-14-4(2-15-17(8,9)10)1-6(5)16-18(11,12)13;;/h4-7H,1-3H2,(H,8,9,10)(H,11,12,13);;/q;2*+1/p-2/t4-,5?,6?;;/m1../s1. The molecule has 3 atom stereocenters. The molecule has 0 saturated carbocycles. The van der Waals surface area contributed by atoms with Crippen LogP contribution in [0.5, 0.6) is 0 Å². The van der Waals surface area contributed by atoms with Gasteiger partial charge in [-0.1, -0.05) is 0 Å². The van der Waals surface area contributed by atoms with Gasteiger partial charge in [0.2, 0.25) is 20.8 Å². The molecular formula is C6H10Na2O10S2. The number of hydrogen-bond acceptors (Lipinski definition) is 10. The van der Waals surface area contributed by atoms with Gasteiger partial charge in [0.1, 0.15) is 12.2 Å². The first-order valence-electron chi connectivity index (χ1n) is 4.61. The normalized spacial score (nSPS) is 27.2. The average molecular weight is 352 g/mol. The molecular weight excluding hydrogens is 342 g/mol. The number of aliphatic hydroxyl groups is 1. The van der Waals surface area contributed by atoms with Crippen LogP contribution in [0.4, 0.5) is 0 Å². The van der Waals surface area contributed by atoms with Crippen molar-refractivity contribution >= 4 is 20.8 Å². The van der Waals surface area contributed by atoms with Crippen LogP contribution in [0.2, 0.25) is 0 Å². The first-order chi connectivity index (χ1) is 8.07. The third kappa shape index (κ3) is 10.4. The minimum atomic E-state index is -5.01. The molecule has 2 unspecified atom stereocenters. The van der Waals surface area contributed by atoms with E-state index >= 15 is 0 Å². The largest absolute Gasteiger partial charge is 1.00 e. The molecule has 1 N–H and O–H groups in total. The number of aliphatic hydroxyl groups excluding tert-OH is 1. The zero-order valence-corrected chi connectivity index (χ0v) is 16.4. The Morgan fingerprint density at radius 3 is 2.15 bits per heavy atom. The molecule has 108 valence electrons. The minimum absolute atomic E-state index is 0. The van der Waals surface area contributed by atoms with Crippen molar-refractivity contribution in [1.82, 2.24) is 0 Å². The molecule has 0 aromatic carbocycles. The quantitative estimate of drug-likeness (QED) is 0.285. The van der Waals surface area contributed by atoms with Crippen molar-refractivity contribution in [3.8, 4) is 0 Å². The van der Waals surface area contributed by atoms with Crippen LogP contribution >= 0.6 is 0 Å². The fourth-order valence-corrected chi connectivity index (χ4v) is 2.18. The van der Waals surface area contributed by atoms with Crippen molar-refractivity contribution in [2.24, 2.45) is 0 Å². The van der Waals surface area contributed by atoms with Crippen LogP contribution in [0.3, 0.4) is 0 Å². The molecule has 10 nitrogen and oxygen atoms in total. The second kappa shape index (κ2) is 9.72. The van der Waals surface area contributed by atoms with Gasteiger partial charge in [-0.15, -0.1) is 0 Å². The molecule has 20 heavy (non-hydrogen) atoms. The van der Waals surface area contributed by atoms with Crippen molar-refractivity contribution in [2.75, 3.05) is 13.2 Å². The Morgan fingerprint density at radius 1 is 1.15 bits per heavy atom. The summed E-state index contributed by atoms with van der Waals surface area (Å²) in [6.45, 7) is -1.04. The number of rotatable bonds is 5. The van der Waals surface area contributed by atoms with Crippen molar-refractivity contribution < 1.29 is 103 Å². The molecule has 14 heteroatoms. The molecule has 0 aromatic heterocycles. The zero-order valence-electron chi connectivity index (χ0n) is 10.8. The monoisotopic (exact) mass is 352 g/mol. The summed E-state index contributed by atoms with van der Waals surface area (Å²) in [7, 11) is -9.91. The van der Waals surface area contributed by atoms with E-state index in [1.165, 1.54) is 0 Å². The minimum Gasteiger partial charge on any atom is -0.726 e. The molecule has 0 bridgehead atoms. The van der Waals surface area contributed by atoms with E-state index < -0.39 is 45.7 Å². The predicted molar refractivity (Wildman–Crippen MR) is 50.6 cm³/mol. The Labute approximate surface area is 160 Å². The topological polar surface area (TPSA) is 162 Å². The smallest absolute Gasteiger partial charge is 0.726 e. The molecule has 1 fully saturated rings. The Balaban J connectivity index is 0. The van der Waals surface area contributed by atoms with Gasteiger partial charge in [-0.05, 0) is 0 Å². The second-order valence-electron chi connectivity index (χ2n) is 3.49. The van der Waals surface area contributed by atoms with E-state index in [0.717, 1.165) is 0 Å². The van der Waals surface area contributed by atoms with Gasteiger partial charge in [0.15, 0.2) is 0 Å². The summed E-state index contributed by atoms with van der Waals surface area (Å²) in [4.78, 5) is 0. The van der Waals surface area contributed by atoms with Crippen LogP contribution in [0.15, 0.2) is 0 Å². The van der Waals surface area contributed by atoms with E-state index in [4.69, 9.17) is 4.74 Å². The Morgan fingerprint density at radius 2 is 1.70 bits per heavy atom. The summed E-state index contributed by atoms with van der Waals surface area (Å²) in [5.41, 5.74) is 0. The van der Waals surface area contributed by atoms with Gasteiger partial charge in [-0.25, -0.2) is 16.8 Å². The molecule has 0 aliphatic carbocycles. The third-order valence-corrected chi connectivity index (χ3v) is 2.97. The fourth-order valence-electron chi connectivity index (χ4n) is 1.36. The Kier molecular flexibility index (Phi) is 11.6. The molecule has 0 radical (unpaired) electrons. The van der Waals surface area contributed by atoms with Crippen molar-refractivity contribution in [1.29, 1.82) is 0 Å². The van der Waals surface area contributed by atoms with Gasteiger partial charge in [0.25, 0.3) is 0 Å². The number of hydrogen-bond donors (Lipinski definition) is 1. The third-order valence-electron chi connectivity index (χ3n) is 2.07. The fraction of sp³-hybridized carbons (Fsp3) is 1.00. The van der Waals surface area contributed by atoms with Crippen molar-refractivity contribution in [2.45, 2.75) is 24.7 Å². The van der Waals surface area contributed by atoms with Gasteiger partial charge in [0, 0.05) is 6.42 Å². The van der Waals surface area contributed by atoms with Crippen LogP contribution in [0, 0.1) is 0 Å². The van der Waals surface area contributed by atoms with E-state index in [1.807, 2.05) is 0 Å². The summed E-state index contributed by atoms with van der Waals surface area (Å²) in [6, 6.07) is 0. The van der Waals surface area contributed by atoms with E-state index in [1.54, 1.807) is 0 Å². The van der Waals surface area contributed by atoms with E-state index in [-0.39, 0.29) is 72.1 Å². The van der Waals surface area contributed by atoms with Gasteiger partial charge < -0.3 is 18.9 Å². The summed E-state index contributed by atoms with van der Waals surface area (Å²) in [6.07, 6.45) is -4.01. The zero-order chi connectivity index (χ0) is 14.0. The maximum Gasteiger partial charge on any atom is 1.00 e. The summed E-state index contributed by atoms with van der Waals surface area (Å²) in [5.74, 6) is 0. The predicted octanol–water partition coefficient (Wildman–Crippen LogP) is -8.53. The van der Waals surface area contributed by atoms with Gasteiger partial charge in [-0.2, -0.15) is 0 Å². The van der Waals surface area contributed by atoms with Gasteiger partial charge in [-0.3, -0.25) is 8.37 Å². The molecule has 1 heterocycles. The second-order valence-corrected chi connectivity index (χ2v) is 5.56. The molecule has 1 rings (SSSR count). The van der Waals surface area contributed by atoms with Crippen LogP contribution < -0.4 is 59.1 Å². The SMILES string of the molecule is O=S(=O)([O-])OC[C@H]1CC(OS(=O)(=O)[O-])C(O)CO1.[Na+].[Na+]. The molecule has 1 aliphatic rings. The van der Waals surface area contributed by atoms with Crippen LogP contribution in [0.1, 0.15) is 6.42 Å². The van der Waals surface area contributed by atoms with Crippen molar-refractivity contribution in [3.05, 3.63) is 0 Å². The van der Waals surface area contributed by atoms with Crippen LogP contribution in [-0.2, 0) is 33.9 Å². The van der Waals surface area contributed by atoms with E-state index in [0.29, 0.717) is 0 Å². The summed E-state index contributed by atoms with van der Waals surface area (Å²) < 4.78 is 74.5. The maximum atomic E-state index is 10.4. The molecule has 0 aromatic rings. The molecule has 0 amide bonds. The average Bonchev–Trinajstić information content (AvgIpc) is 2.16. The Bertz CT molecular complexity index is 476. The molecule has 0 spiro atoms. The number of ether oxygens (including phenoxy) is 1. The van der Waals surface area contributed by atoms with E-state index in [2.05, 4.69) is 8.37 Å². The van der Waals surface area contributed by atoms with Crippen molar-refractivity contribution in [3.63, 3.8) is 0 Å². The van der Waals surface area contributed by atoms with Gasteiger partial charge in [0.05, 0.1) is 19.3 Å². The van der Waals surface area contributed by atoms with Crippen LogP contribution in [0.25, 0.3) is 0 Å². The molecule has 1 saturated heterocycles. The van der Waals surface area contributed by atoms with E-state index in [9.17, 15) is 31.0 Å². The first kappa shape index (κ1) is 23.9.